The van der Waals surface area contributed by atoms with E-state index in [1.54, 1.807) is 0 Å². The van der Waals surface area contributed by atoms with Crippen LogP contribution < -0.4 is 10.6 Å². The highest BCUT2D eigenvalue weighted by Gasteiger charge is 2.18. The zero-order valence-corrected chi connectivity index (χ0v) is 7.74. The number of aromatic nitrogens is 1. The largest absolute Gasteiger partial charge is 0.356 e. The summed E-state index contributed by atoms with van der Waals surface area (Å²) >= 11 is 0. The molecule has 0 saturated carbocycles. The summed E-state index contributed by atoms with van der Waals surface area (Å²) in [5.41, 5.74) is 6.85. The Kier molecular flexibility index (Phi) is 2.45. The van der Waals surface area contributed by atoms with Crippen molar-refractivity contribution in [3.8, 4) is 0 Å². The van der Waals surface area contributed by atoms with Crippen molar-refractivity contribution in [1.29, 1.82) is 0 Å². The van der Waals surface area contributed by atoms with Crippen LogP contribution in [-0.4, -0.2) is 24.6 Å². The van der Waals surface area contributed by atoms with Crippen LogP contribution in [0.25, 0.3) is 0 Å². The van der Waals surface area contributed by atoms with E-state index in [0.29, 0.717) is 0 Å². The van der Waals surface area contributed by atoms with Crippen molar-refractivity contribution in [2.75, 3.05) is 24.5 Å². The summed E-state index contributed by atoms with van der Waals surface area (Å²) in [5, 5.41) is 0. The van der Waals surface area contributed by atoms with E-state index in [0.717, 1.165) is 38.3 Å². The monoisotopic (exact) mass is 177 g/mol. The molecule has 3 heteroatoms. The van der Waals surface area contributed by atoms with Gasteiger partial charge >= 0.3 is 0 Å². The van der Waals surface area contributed by atoms with Gasteiger partial charge < -0.3 is 10.6 Å². The molecule has 0 fully saturated rings. The van der Waals surface area contributed by atoms with Crippen molar-refractivity contribution in [3.05, 3.63) is 23.9 Å². The minimum absolute atomic E-state index is 0.763. The Morgan fingerprint density at radius 1 is 1.54 bits per heavy atom. The molecule has 0 saturated heterocycles. The SMILES string of the molecule is NCCCN1CCc2cccnc21. The standard InChI is InChI=1S/C10H15N3/c11-5-2-7-13-8-4-9-3-1-6-12-10(9)13/h1,3,6H,2,4-5,7-8,11H2. The number of nitrogens with zero attached hydrogens (tertiary/aromatic N) is 2. The van der Waals surface area contributed by atoms with E-state index in [1.807, 2.05) is 12.3 Å². The fourth-order valence-corrected chi connectivity index (χ4v) is 1.77. The third-order valence-corrected chi connectivity index (χ3v) is 2.45. The lowest BCUT2D eigenvalue weighted by atomic mass is 10.2. The maximum Gasteiger partial charge on any atom is 0.131 e. The fourth-order valence-electron chi connectivity index (χ4n) is 1.77. The van der Waals surface area contributed by atoms with Crippen LogP contribution in [0.2, 0.25) is 0 Å². The van der Waals surface area contributed by atoms with Crippen LogP contribution in [0.4, 0.5) is 5.82 Å². The van der Waals surface area contributed by atoms with Gasteiger partial charge in [0.2, 0.25) is 0 Å². The lowest BCUT2D eigenvalue weighted by Crippen LogP contribution is -2.24. The van der Waals surface area contributed by atoms with Crippen molar-refractivity contribution in [2.24, 2.45) is 5.73 Å². The summed E-state index contributed by atoms with van der Waals surface area (Å²) < 4.78 is 0. The van der Waals surface area contributed by atoms with Gasteiger partial charge in [-0.2, -0.15) is 0 Å². The van der Waals surface area contributed by atoms with Crippen molar-refractivity contribution >= 4 is 5.82 Å². The lowest BCUT2D eigenvalue weighted by Gasteiger charge is -2.17. The van der Waals surface area contributed by atoms with Crippen molar-refractivity contribution < 1.29 is 0 Å². The van der Waals surface area contributed by atoms with E-state index in [-0.39, 0.29) is 0 Å². The molecular formula is C10H15N3. The van der Waals surface area contributed by atoms with Gasteiger partial charge in [-0.1, -0.05) is 6.07 Å². The van der Waals surface area contributed by atoms with Gasteiger partial charge in [0.15, 0.2) is 0 Å². The number of rotatable bonds is 3. The van der Waals surface area contributed by atoms with Crippen LogP contribution in [0.15, 0.2) is 18.3 Å². The summed E-state index contributed by atoms with van der Waals surface area (Å²) in [6.45, 7) is 2.91. The zero-order chi connectivity index (χ0) is 9.10. The first kappa shape index (κ1) is 8.51. The second-order valence-electron chi connectivity index (χ2n) is 3.37. The van der Waals surface area contributed by atoms with Gasteiger partial charge in [0, 0.05) is 19.3 Å². The molecule has 0 spiro atoms. The molecular weight excluding hydrogens is 162 g/mol. The summed E-state index contributed by atoms with van der Waals surface area (Å²) in [7, 11) is 0. The van der Waals surface area contributed by atoms with Crippen molar-refractivity contribution in [2.45, 2.75) is 12.8 Å². The van der Waals surface area contributed by atoms with Gasteiger partial charge in [-0.3, -0.25) is 0 Å². The highest BCUT2D eigenvalue weighted by molar-refractivity contribution is 5.51. The normalized spacial score (nSPS) is 14.7. The average molecular weight is 177 g/mol. The summed E-state index contributed by atoms with van der Waals surface area (Å²) in [6, 6.07) is 4.16. The third-order valence-electron chi connectivity index (χ3n) is 2.45. The Bertz CT molecular complexity index is 285. The Morgan fingerprint density at radius 3 is 3.31 bits per heavy atom. The first-order valence-electron chi connectivity index (χ1n) is 4.81. The van der Waals surface area contributed by atoms with Gasteiger partial charge in [-0.25, -0.2) is 4.98 Å². The van der Waals surface area contributed by atoms with Gasteiger partial charge in [0.05, 0.1) is 0 Å². The highest BCUT2D eigenvalue weighted by Crippen LogP contribution is 2.24. The zero-order valence-electron chi connectivity index (χ0n) is 7.74. The molecule has 1 aromatic heterocycles. The molecule has 0 radical (unpaired) electrons. The first-order chi connectivity index (χ1) is 6.42. The van der Waals surface area contributed by atoms with Crippen LogP contribution >= 0.6 is 0 Å². The van der Waals surface area contributed by atoms with Crippen molar-refractivity contribution in [1.82, 2.24) is 4.98 Å². The fraction of sp³-hybridized carbons (Fsp3) is 0.500. The molecule has 1 aliphatic heterocycles. The number of nitrogens with two attached hydrogens (primary N) is 1. The molecule has 0 atom stereocenters. The molecule has 13 heavy (non-hydrogen) atoms. The molecule has 1 aromatic rings. The van der Waals surface area contributed by atoms with E-state index in [1.165, 1.54) is 5.56 Å². The molecule has 0 amide bonds. The smallest absolute Gasteiger partial charge is 0.131 e. The maximum atomic E-state index is 5.48. The Balaban J connectivity index is 2.09. The highest BCUT2D eigenvalue weighted by atomic mass is 15.2. The summed E-state index contributed by atoms with van der Waals surface area (Å²) in [5.74, 6) is 1.16. The molecule has 3 nitrogen and oxygen atoms in total. The molecule has 2 rings (SSSR count). The number of hydrogen-bond donors (Lipinski definition) is 1. The average Bonchev–Trinajstić information content (AvgIpc) is 2.58. The number of pyridine rings is 1. The van der Waals surface area contributed by atoms with Crippen LogP contribution in [0, 0.1) is 0 Å². The van der Waals surface area contributed by atoms with Crippen LogP contribution in [0.3, 0.4) is 0 Å². The molecule has 0 unspecified atom stereocenters. The molecule has 2 heterocycles. The van der Waals surface area contributed by atoms with Crippen molar-refractivity contribution in [3.63, 3.8) is 0 Å². The van der Waals surface area contributed by atoms with Gasteiger partial charge in [-0.05, 0) is 31.0 Å². The minimum Gasteiger partial charge on any atom is -0.356 e. The lowest BCUT2D eigenvalue weighted by molar-refractivity contribution is 0.753. The molecule has 2 N–H and O–H groups in total. The molecule has 0 aliphatic carbocycles. The quantitative estimate of drug-likeness (QED) is 0.742. The van der Waals surface area contributed by atoms with E-state index < -0.39 is 0 Å². The van der Waals surface area contributed by atoms with E-state index in [9.17, 15) is 0 Å². The predicted octanol–water partition coefficient (Wildman–Crippen LogP) is 0.793. The second kappa shape index (κ2) is 3.75. The summed E-state index contributed by atoms with van der Waals surface area (Å²) in [4.78, 5) is 6.70. The van der Waals surface area contributed by atoms with Gasteiger partial charge in [0.25, 0.3) is 0 Å². The Labute approximate surface area is 78.6 Å². The topological polar surface area (TPSA) is 42.1 Å². The molecule has 0 aromatic carbocycles. The molecule has 70 valence electrons. The Morgan fingerprint density at radius 2 is 2.46 bits per heavy atom. The Hall–Kier alpha value is -1.09. The van der Waals surface area contributed by atoms with E-state index in [4.69, 9.17) is 5.73 Å². The maximum absolute atomic E-state index is 5.48. The van der Waals surface area contributed by atoms with E-state index in [2.05, 4.69) is 16.0 Å². The minimum atomic E-state index is 0.763. The van der Waals surface area contributed by atoms with E-state index >= 15 is 0 Å². The third kappa shape index (κ3) is 1.65. The van der Waals surface area contributed by atoms with Crippen LogP contribution in [0.5, 0.6) is 0 Å². The number of fused-ring (bicyclic) bond motifs is 1. The number of hydrogen-bond acceptors (Lipinski definition) is 3. The predicted molar refractivity (Wildman–Crippen MR) is 53.8 cm³/mol. The first-order valence-corrected chi connectivity index (χ1v) is 4.81. The number of anilines is 1. The van der Waals surface area contributed by atoms with Gasteiger partial charge in [0.1, 0.15) is 5.82 Å². The summed E-state index contributed by atoms with van der Waals surface area (Å²) in [6.07, 6.45) is 4.04. The van der Waals surface area contributed by atoms with Gasteiger partial charge in [-0.15, -0.1) is 0 Å². The second-order valence-corrected chi connectivity index (χ2v) is 3.37. The van der Waals surface area contributed by atoms with Crippen LogP contribution in [-0.2, 0) is 6.42 Å². The van der Waals surface area contributed by atoms with Crippen LogP contribution in [0.1, 0.15) is 12.0 Å². The molecule has 0 bridgehead atoms. The molecule has 1 aliphatic rings.